The maximum atomic E-state index is 12.4. The molecule has 1 aliphatic heterocycles. The molecule has 1 aromatic rings. The number of rotatable bonds is 6. The largest absolute Gasteiger partial charge is 0.497 e. The standard InChI is InChI=1S/C18H27N3O3/c1-14(18(19)23)20-10-3-11-21(13-12-20)17(22)9-6-15-4-7-16(24-2)8-5-15/h4-5,7-8,14H,3,6,9-13H2,1-2H3,(H2,19,23)/t14-/m0/s1. The Bertz CT molecular complexity index is 559. The van der Waals surface area contributed by atoms with Crippen LogP contribution in [-0.2, 0) is 16.0 Å². The van der Waals surface area contributed by atoms with Crippen LogP contribution in [0.15, 0.2) is 24.3 Å². The van der Waals surface area contributed by atoms with E-state index in [1.165, 1.54) is 0 Å². The molecule has 0 radical (unpaired) electrons. The minimum absolute atomic E-state index is 0.166. The number of carbonyl (C=O) groups excluding carboxylic acids is 2. The minimum atomic E-state index is -0.311. The van der Waals surface area contributed by atoms with Gasteiger partial charge in [-0.15, -0.1) is 0 Å². The Kier molecular flexibility index (Phi) is 6.61. The SMILES string of the molecule is COc1ccc(CCC(=O)N2CCCN([C@@H](C)C(N)=O)CC2)cc1. The summed E-state index contributed by atoms with van der Waals surface area (Å²) in [5.74, 6) is 0.676. The fourth-order valence-electron chi connectivity index (χ4n) is 2.96. The van der Waals surface area contributed by atoms with Crippen LogP contribution in [0.1, 0.15) is 25.3 Å². The summed E-state index contributed by atoms with van der Waals surface area (Å²) in [6.45, 7) is 4.71. The molecule has 1 fully saturated rings. The molecule has 0 unspecified atom stereocenters. The zero-order valence-electron chi connectivity index (χ0n) is 14.5. The average molecular weight is 333 g/mol. The molecule has 1 atom stereocenters. The van der Waals surface area contributed by atoms with Gasteiger partial charge in [0.05, 0.1) is 13.2 Å². The second-order valence-corrected chi connectivity index (χ2v) is 6.20. The molecule has 6 heteroatoms. The molecular formula is C18H27N3O3. The Balaban J connectivity index is 1.82. The van der Waals surface area contributed by atoms with Gasteiger partial charge in [-0.3, -0.25) is 14.5 Å². The summed E-state index contributed by atoms with van der Waals surface area (Å²) in [6, 6.07) is 7.53. The van der Waals surface area contributed by atoms with E-state index >= 15 is 0 Å². The van der Waals surface area contributed by atoms with Crippen molar-refractivity contribution in [2.45, 2.75) is 32.2 Å². The Labute approximate surface area is 143 Å². The highest BCUT2D eigenvalue weighted by molar-refractivity contribution is 5.79. The molecule has 24 heavy (non-hydrogen) atoms. The van der Waals surface area contributed by atoms with E-state index in [2.05, 4.69) is 4.90 Å². The summed E-state index contributed by atoms with van der Waals surface area (Å²) in [5, 5.41) is 0. The summed E-state index contributed by atoms with van der Waals surface area (Å²) in [5.41, 5.74) is 6.50. The quantitative estimate of drug-likeness (QED) is 0.844. The summed E-state index contributed by atoms with van der Waals surface area (Å²) in [4.78, 5) is 27.7. The summed E-state index contributed by atoms with van der Waals surface area (Å²) < 4.78 is 5.14. The molecule has 2 N–H and O–H groups in total. The number of amides is 2. The van der Waals surface area contributed by atoms with Crippen molar-refractivity contribution in [2.75, 3.05) is 33.3 Å². The van der Waals surface area contributed by atoms with Crippen LogP contribution < -0.4 is 10.5 Å². The van der Waals surface area contributed by atoms with Crippen molar-refractivity contribution in [2.24, 2.45) is 5.73 Å². The van der Waals surface area contributed by atoms with Gasteiger partial charge in [-0.05, 0) is 37.5 Å². The number of aryl methyl sites for hydroxylation is 1. The molecule has 132 valence electrons. The lowest BCUT2D eigenvalue weighted by molar-refractivity contribution is -0.131. The molecule has 0 aliphatic carbocycles. The van der Waals surface area contributed by atoms with E-state index in [4.69, 9.17) is 10.5 Å². The number of methoxy groups -OCH3 is 1. The Morgan fingerprint density at radius 1 is 1.17 bits per heavy atom. The van der Waals surface area contributed by atoms with Crippen molar-refractivity contribution in [1.29, 1.82) is 0 Å². The van der Waals surface area contributed by atoms with Gasteiger partial charge >= 0.3 is 0 Å². The third kappa shape index (κ3) is 4.96. The number of nitrogens with two attached hydrogens (primary N) is 1. The van der Waals surface area contributed by atoms with E-state index in [1.807, 2.05) is 36.1 Å². The van der Waals surface area contributed by atoms with Gasteiger partial charge in [0.2, 0.25) is 11.8 Å². The van der Waals surface area contributed by atoms with Crippen LogP contribution in [0, 0.1) is 0 Å². The van der Waals surface area contributed by atoms with Gasteiger partial charge in [0.15, 0.2) is 0 Å². The van der Waals surface area contributed by atoms with Crippen LogP contribution in [0.5, 0.6) is 5.75 Å². The highest BCUT2D eigenvalue weighted by Gasteiger charge is 2.24. The molecule has 0 saturated carbocycles. The third-order valence-electron chi connectivity index (χ3n) is 4.63. The Morgan fingerprint density at radius 2 is 1.88 bits per heavy atom. The molecule has 1 aromatic carbocycles. The molecule has 1 aliphatic rings. The normalized spacial score (nSPS) is 17.2. The Morgan fingerprint density at radius 3 is 2.50 bits per heavy atom. The topological polar surface area (TPSA) is 75.9 Å². The predicted octanol–water partition coefficient (Wildman–Crippen LogP) is 1.04. The van der Waals surface area contributed by atoms with Crippen LogP contribution in [0.25, 0.3) is 0 Å². The van der Waals surface area contributed by atoms with Crippen LogP contribution in [0.2, 0.25) is 0 Å². The lowest BCUT2D eigenvalue weighted by atomic mass is 10.1. The number of benzene rings is 1. The number of nitrogens with zero attached hydrogens (tertiary/aromatic N) is 2. The van der Waals surface area contributed by atoms with Crippen molar-refractivity contribution in [3.05, 3.63) is 29.8 Å². The molecule has 2 amide bonds. The fourth-order valence-corrected chi connectivity index (χ4v) is 2.96. The number of carbonyl (C=O) groups is 2. The van der Waals surface area contributed by atoms with Crippen molar-refractivity contribution in [3.63, 3.8) is 0 Å². The lowest BCUT2D eigenvalue weighted by Crippen LogP contribution is -2.44. The summed E-state index contributed by atoms with van der Waals surface area (Å²) in [6.07, 6.45) is 2.09. The molecule has 1 saturated heterocycles. The maximum absolute atomic E-state index is 12.4. The van der Waals surface area contributed by atoms with Crippen LogP contribution in [-0.4, -0.2) is 60.9 Å². The monoisotopic (exact) mass is 333 g/mol. The van der Waals surface area contributed by atoms with E-state index in [0.717, 1.165) is 37.2 Å². The van der Waals surface area contributed by atoms with E-state index in [0.29, 0.717) is 19.5 Å². The zero-order chi connectivity index (χ0) is 17.5. The first-order valence-corrected chi connectivity index (χ1v) is 8.45. The van der Waals surface area contributed by atoms with Crippen LogP contribution in [0.3, 0.4) is 0 Å². The van der Waals surface area contributed by atoms with Crippen molar-refractivity contribution in [3.8, 4) is 5.75 Å². The second-order valence-electron chi connectivity index (χ2n) is 6.20. The van der Waals surface area contributed by atoms with Gasteiger partial charge in [0.1, 0.15) is 5.75 Å². The molecule has 0 aromatic heterocycles. The van der Waals surface area contributed by atoms with Crippen molar-refractivity contribution >= 4 is 11.8 Å². The van der Waals surface area contributed by atoms with Crippen molar-refractivity contribution < 1.29 is 14.3 Å². The van der Waals surface area contributed by atoms with E-state index < -0.39 is 0 Å². The molecule has 0 bridgehead atoms. The molecule has 0 spiro atoms. The lowest BCUT2D eigenvalue weighted by Gasteiger charge is -2.25. The number of primary amides is 1. The van der Waals surface area contributed by atoms with Gasteiger partial charge in [-0.1, -0.05) is 12.1 Å². The van der Waals surface area contributed by atoms with E-state index in [-0.39, 0.29) is 17.9 Å². The maximum Gasteiger partial charge on any atom is 0.234 e. The number of ether oxygens (including phenoxy) is 1. The van der Waals surface area contributed by atoms with E-state index in [9.17, 15) is 9.59 Å². The smallest absolute Gasteiger partial charge is 0.234 e. The minimum Gasteiger partial charge on any atom is -0.497 e. The molecule has 6 nitrogen and oxygen atoms in total. The van der Waals surface area contributed by atoms with Gasteiger partial charge in [0.25, 0.3) is 0 Å². The van der Waals surface area contributed by atoms with Crippen LogP contribution >= 0.6 is 0 Å². The Hall–Kier alpha value is -2.08. The molecular weight excluding hydrogens is 306 g/mol. The van der Waals surface area contributed by atoms with E-state index in [1.54, 1.807) is 7.11 Å². The molecule has 1 heterocycles. The van der Waals surface area contributed by atoms with Crippen molar-refractivity contribution in [1.82, 2.24) is 9.80 Å². The predicted molar refractivity (Wildman–Crippen MR) is 92.7 cm³/mol. The first-order chi connectivity index (χ1) is 11.5. The summed E-state index contributed by atoms with van der Waals surface area (Å²) in [7, 11) is 1.64. The number of hydrogen-bond donors (Lipinski definition) is 1. The summed E-state index contributed by atoms with van der Waals surface area (Å²) >= 11 is 0. The van der Waals surface area contributed by atoms with Gasteiger partial charge in [-0.2, -0.15) is 0 Å². The first kappa shape index (κ1) is 18.3. The first-order valence-electron chi connectivity index (χ1n) is 8.45. The molecule has 2 rings (SSSR count). The average Bonchev–Trinajstić information content (AvgIpc) is 2.85. The van der Waals surface area contributed by atoms with Gasteiger partial charge < -0.3 is 15.4 Å². The zero-order valence-corrected chi connectivity index (χ0v) is 14.5. The number of hydrogen-bond acceptors (Lipinski definition) is 4. The van der Waals surface area contributed by atoms with Gasteiger partial charge in [-0.25, -0.2) is 0 Å². The van der Waals surface area contributed by atoms with Gasteiger partial charge in [0, 0.05) is 32.6 Å². The fraction of sp³-hybridized carbons (Fsp3) is 0.556. The highest BCUT2D eigenvalue weighted by atomic mass is 16.5. The second kappa shape index (κ2) is 8.68. The highest BCUT2D eigenvalue weighted by Crippen LogP contribution is 2.14. The van der Waals surface area contributed by atoms with Crippen LogP contribution in [0.4, 0.5) is 0 Å². The third-order valence-corrected chi connectivity index (χ3v) is 4.63.